The van der Waals surface area contributed by atoms with Crippen molar-refractivity contribution in [2.45, 2.75) is 102 Å². The van der Waals surface area contributed by atoms with Gasteiger partial charge in [-0.2, -0.15) is 0 Å². The largest absolute Gasteiger partial charge is 0.502 e. The number of epoxide rings is 1. The summed E-state index contributed by atoms with van der Waals surface area (Å²) in [5.74, 6) is 0.751. The van der Waals surface area contributed by atoms with Crippen LogP contribution in [0.15, 0.2) is 12.8 Å². The van der Waals surface area contributed by atoms with Crippen LogP contribution >= 0.6 is 0 Å². The van der Waals surface area contributed by atoms with Gasteiger partial charge in [0.15, 0.2) is 0 Å². The third-order valence-electron chi connectivity index (χ3n) is 5.99. The predicted molar refractivity (Wildman–Crippen MR) is 104 cm³/mol. The van der Waals surface area contributed by atoms with Crippen molar-refractivity contribution in [1.82, 2.24) is 0 Å². The van der Waals surface area contributed by atoms with E-state index in [1.807, 2.05) is 0 Å². The summed E-state index contributed by atoms with van der Waals surface area (Å²) in [5, 5.41) is 0. The summed E-state index contributed by atoms with van der Waals surface area (Å²) in [6.07, 6.45) is 18.8. The number of rotatable bonds is 15. The molecule has 2 fully saturated rings. The molecule has 2 aliphatic rings. The van der Waals surface area contributed by atoms with Gasteiger partial charge in [-0.15, -0.1) is 0 Å². The molecule has 1 saturated heterocycles. The Morgan fingerprint density at radius 1 is 1.04 bits per heavy atom. The lowest BCUT2D eigenvalue weighted by atomic mass is 9.72. The molecule has 1 saturated carbocycles. The Bertz CT molecular complexity index is 347. The van der Waals surface area contributed by atoms with Crippen LogP contribution < -0.4 is 0 Å². The van der Waals surface area contributed by atoms with E-state index in [1.165, 1.54) is 77.0 Å². The van der Waals surface area contributed by atoms with E-state index in [2.05, 4.69) is 13.5 Å². The molecule has 0 N–H and O–H groups in total. The highest BCUT2D eigenvalue weighted by Gasteiger charge is 2.40. The van der Waals surface area contributed by atoms with Gasteiger partial charge in [0, 0.05) is 0 Å². The number of unbranched alkanes of at least 4 members (excludes halogenated alkanes) is 4. The molecule has 0 bridgehead atoms. The van der Waals surface area contributed by atoms with Gasteiger partial charge in [0.25, 0.3) is 0 Å². The molecule has 1 aliphatic heterocycles. The minimum atomic E-state index is 0.0980. The minimum Gasteiger partial charge on any atom is -0.502 e. The lowest BCUT2D eigenvalue weighted by Gasteiger charge is -2.43. The van der Waals surface area contributed by atoms with E-state index in [1.54, 1.807) is 6.26 Å². The van der Waals surface area contributed by atoms with Crippen LogP contribution in [0.3, 0.4) is 0 Å². The number of ether oxygens (including phenoxy) is 3. The first kappa shape index (κ1) is 20.8. The Labute approximate surface area is 155 Å². The summed E-state index contributed by atoms with van der Waals surface area (Å²) in [7, 11) is 0. The molecule has 0 radical (unpaired) electrons. The first-order valence-electron chi connectivity index (χ1n) is 10.8. The SMILES string of the molecule is C=COCCCCCC(CCCCC)(OCC1CO1)C1CCCCC1. The average Bonchev–Trinajstić information content (AvgIpc) is 3.47. The highest BCUT2D eigenvalue weighted by molar-refractivity contribution is 4.91. The zero-order chi connectivity index (χ0) is 17.8. The maximum absolute atomic E-state index is 6.70. The summed E-state index contributed by atoms with van der Waals surface area (Å²) in [5.41, 5.74) is 0.0980. The molecule has 25 heavy (non-hydrogen) atoms. The topological polar surface area (TPSA) is 31.0 Å². The van der Waals surface area contributed by atoms with Crippen LogP contribution in [0, 0.1) is 5.92 Å². The summed E-state index contributed by atoms with van der Waals surface area (Å²) < 4.78 is 17.4. The summed E-state index contributed by atoms with van der Waals surface area (Å²) in [6.45, 7) is 8.41. The Morgan fingerprint density at radius 2 is 1.76 bits per heavy atom. The molecular formula is C22H40O3. The third-order valence-corrected chi connectivity index (χ3v) is 5.99. The summed E-state index contributed by atoms with van der Waals surface area (Å²) >= 11 is 0. The van der Waals surface area contributed by atoms with Crippen LogP contribution in [0.4, 0.5) is 0 Å². The molecule has 2 rings (SSSR count). The maximum atomic E-state index is 6.70. The molecule has 0 spiro atoms. The maximum Gasteiger partial charge on any atom is 0.104 e. The second kappa shape index (κ2) is 12.0. The number of hydrogen-bond donors (Lipinski definition) is 0. The van der Waals surface area contributed by atoms with E-state index in [0.29, 0.717) is 6.10 Å². The predicted octanol–water partition coefficient (Wildman–Crippen LogP) is 6.02. The first-order valence-corrected chi connectivity index (χ1v) is 10.8. The highest BCUT2D eigenvalue weighted by Crippen LogP contribution is 2.42. The molecular weight excluding hydrogens is 312 g/mol. The Morgan fingerprint density at radius 3 is 2.40 bits per heavy atom. The normalized spacial score (nSPS) is 23.2. The van der Waals surface area contributed by atoms with Crippen LogP contribution in [0.5, 0.6) is 0 Å². The molecule has 0 amide bonds. The third kappa shape index (κ3) is 7.70. The van der Waals surface area contributed by atoms with Crippen LogP contribution in [0.2, 0.25) is 0 Å². The van der Waals surface area contributed by atoms with Crippen molar-refractivity contribution < 1.29 is 14.2 Å². The Hall–Kier alpha value is -0.540. The van der Waals surface area contributed by atoms with Gasteiger partial charge in [-0.25, -0.2) is 0 Å². The summed E-state index contributed by atoms with van der Waals surface area (Å²) in [6, 6.07) is 0. The quantitative estimate of drug-likeness (QED) is 0.205. The van der Waals surface area contributed by atoms with E-state index in [4.69, 9.17) is 14.2 Å². The van der Waals surface area contributed by atoms with E-state index in [-0.39, 0.29) is 5.60 Å². The van der Waals surface area contributed by atoms with Gasteiger partial charge in [-0.05, 0) is 44.4 Å². The fourth-order valence-corrected chi connectivity index (χ4v) is 4.39. The second-order valence-electron chi connectivity index (χ2n) is 7.97. The number of hydrogen-bond acceptors (Lipinski definition) is 3. The van der Waals surface area contributed by atoms with E-state index < -0.39 is 0 Å². The van der Waals surface area contributed by atoms with Crippen molar-refractivity contribution in [2.75, 3.05) is 19.8 Å². The van der Waals surface area contributed by atoms with Gasteiger partial charge in [-0.3, -0.25) is 0 Å². The van der Waals surface area contributed by atoms with Crippen LogP contribution in [-0.4, -0.2) is 31.5 Å². The lowest BCUT2D eigenvalue weighted by molar-refractivity contribution is -0.114. The van der Waals surface area contributed by atoms with Gasteiger partial charge < -0.3 is 14.2 Å². The molecule has 0 aromatic heterocycles. The van der Waals surface area contributed by atoms with Crippen molar-refractivity contribution in [3.63, 3.8) is 0 Å². The second-order valence-corrected chi connectivity index (χ2v) is 7.97. The zero-order valence-electron chi connectivity index (χ0n) is 16.5. The smallest absolute Gasteiger partial charge is 0.104 e. The van der Waals surface area contributed by atoms with E-state index >= 15 is 0 Å². The highest BCUT2D eigenvalue weighted by atomic mass is 16.6. The molecule has 2 atom stereocenters. The van der Waals surface area contributed by atoms with Crippen molar-refractivity contribution >= 4 is 0 Å². The minimum absolute atomic E-state index is 0.0980. The van der Waals surface area contributed by atoms with Gasteiger partial charge in [0.05, 0.1) is 31.7 Å². The molecule has 0 aromatic rings. The first-order chi connectivity index (χ1) is 12.3. The fourth-order valence-electron chi connectivity index (χ4n) is 4.39. The lowest BCUT2D eigenvalue weighted by Crippen LogP contribution is -2.43. The van der Waals surface area contributed by atoms with E-state index in [0.717, 1.165) is 32.2 Å². The van der Waals surface area contributed by atoms with E-state index in [9.17, 15) is 0 Å². The van der Waals surface area contributed by atoms with Crippen molar-refractivity contribution in [3.05, 3.63) is 12.8 Å². The van der Waals surface area contributed by atoms with Crippen LogP contribution in [0.25, 0.3) is 0 Å². The van der Waals surface area contributed by atoms with Gasteiger partial charge in [-0.1, -0.05) is 58.4 Å². The van der Waals surface area contributed by atoms with Crippen LogP contribution in [0.1, 0.15) is 90.4 Å². The standard InChI is InChI=1S/C22H40O3/c1-3-5-10-15-22(25-19-21-18-24-21,20-13-8-6-9-14-20)16-11-7-12-17-23-4-2/h4,20-21H,2-3,5-19H2,1H3. The van der Waals surface area contributed by atoms with Crippen LogP contribution in [-0.2, 0) is 14.2 Å². The van der Waals surface area contributed by atoms with Crippen molar-refractivity contribution in [3.8, 4) is 0 Å². The Kier molecular flexibility index (Phi) is 9.93. The molecule has 1 heterocycles. The van der Waals surface area contributed by atoms with Gasteiger partial charge >= 0.3 is 0 Å². The summed E-state index contributed by atoms with van der Waals surface area (Å²) in [4.78, 5) is 0. The van der Waals surface area contributed by atoms with Crippen molar-refractivity contribution in [2.24, 2.45) is 5.92 Å². The fraction of sp³-hybridized carbons (Fsp3) is 0.909. The van der Waals surface area contributed by atoms with Gasteiger partial charge in [0.2, 0.25) is 0 Å². The molecule has 2 unspecified atom stereocenters. The monoisotopic (exact) mass is 352 g/mol. The zero-order valence-corrected chi connectivity index (χ0v) is 16.5. The molecule has 1 aliphatic carbocycles. The molecule has 3 nitrogen and oxygen atoms in total. The van der Waals surface area contributed by atoms with Crippen molar-refractivity contribution in [1.29, 1.82) is 0 Å². The average molecular weight is 353 g/mol. The van der Waals surface area contributed by atoms with Gasteiger partial charge in [0.1, 0.15) is 6.10 Å². The molecule has 146 valence electrons. The molecule has 0 aromatic carbocycles. The molecule has 3 heteroatoms. The Balaban J connectivity index is 1.91.